The van der Waals surface area contributed by atoms with Crippen molar-refractivity contribution in [3.63, 3.8) is 0 Å². The van der Waals surface area contributed by atoms with Gasteiger partial charge in [0.2, 0.25) is 0 Å². The Bertz CT molecular complexity index is 731. The fraction of sp³-hybridized carbons (Fsp3) is 0.520. The van der Waals surface area contributed by atoms with E-state index in [2.05, 4.69) is 94.9 Å². The van der Waals surface area contributed by atoms with E-state index in [-0.39, 0.29) is 0 Å². The summed E-state index contributed by atoms with van der Waals surface area (Å²) in [6, 6.07) is 14.3. The SMILES string of the molecule is CCCCN(c1ccc(C)c(C)c1)N(c1ccc(C)c(C)c1)C(CC)CC. The second kappa shape index (κ2) is 9.82. The van der Waals surface area contributed by atoms with Gasteiger partial charge in [-0.25, -0.2) is 0 Å². The normalized spacial score (nSPS) is 11.1. The second-order valence-corrected chi connectivity index (χ2v) is 7.83. The van der Waals surface area contributed by atoms with Gasteiger partial charge in [-0.2, -0.15) is 0 Å². The first kappa shape index (κ1) is 21.3. The zero-order valence-electron chi connectivity index (χ0n) is 18.5. The van der Waals surface area contributed by atoms with Crippen molar-refractivity contribution in [2.24, 2.45) is 0 Å². The van der Waals surface area contributed by atoms with Crippen LogP contribution in [0.15, 0.2) is 36.4 Å². The molecule has 2 aromatic rings. The highest BCUT2D eigenvalue weighted by Crippen LogP contribution is 2.30. The molecule has 148 valence electrons. The zero-order valence-corrected chi connectivity index (χ0v) is 18.5. The zero-order chi connectivity index (χ0) is 20.0. The maximum Gasteiger partial charge on any atom is 0.0580 e. The molecule has 0 unspecified atom stereocenters. The smallest absolute Gasteiger partial charge is 0.0580 e. The van der Waals surface area contributed by atoms with Gasteiger partial charge in [-0.05, 0) is 93.5 Å². The van der Waals surface area contributed by atoms with Gasteiger partial charge < -0.3 is 0 Å². The van der Waals surface area contributed by atoms with Crippen LogP contribution >= 0.6 is 0 Å². The van der Waals surface area contributed by atoms with Crippen LogP contribution in [-0.4, -0.2) is 12.6 Å². The van der Waals surface area contributed by atoms with Crippen LogP contribution in [0.3, 0.4) is 0 Å². The molecular formula is C25H38N2. The van der Waals surface area contributed by atoms with Gasteiger partial charge in [0.15, 0.2) is 0 Å². The van der Waals surface area contributed by atoms with Gasteiger partial charge in [-0.1, -0.05) is 39.3 Å². The minimum absolute atomic E-state index is 0.491. The Morgan fingerprint density at radius 1 is 0.704 bits per heavy atom. The fourth-order valence-corrected chi connectivity index (χ4v) is 3.61. The summed E-state index contributed by atoms with van der Waals surface area (Å²) < 4.78 is 0. The minimum Gasteiger partial charge on any atom is -0.285 e. The van der Waals surface area contributed by atoms with Crippen LogP contribution in [0.4, 0.5) is 11.4 Å². The summed E-state index contributed by atoms with van der Waals surface area (Å²) in [5, 5.41) is 5.09. The maximum atomic E-state index is 2.56. The van der Waals surface area contributed by atoms with Crippen LogP contribution in [0.2, 0.25) is 0 Å². The Morgan fingerprint density at radius 2 is 1.22 bits per heavy atom. The molecule has 0 aliphatic rings. The predicted molar refractivity (Wildman–Crippen MR) is 121 cm³/mol. The summed E-state index contributed by atoms with van der Waals surface area (Å²) in [5.74, 6) is 0. The summed E-state index contributed by atoms with van der Waals surface area (Å²) in [7, 11) is 0. The summed E-state index contributed by atoms with van der Waals surface area (Å²) in [5.41, 5.74) is 8.04. The van der Waals surface area contributed by atoms with Gasteiger partial charge in [0.1, 0.15) is 0 Å². The number of hydrogen-bond acceptors (Lipinski definition) is 2. The lowest BCUT2D eigenvalue weighted by Crippen LogP contribution is -2.50. The van der Waals surface area contributed by atoms with Crippen molar-refractivity contribution in [3.8, 4) is 0 Å². The number of rotatable bonds is 9. The molecule has 0 fully saturated rings. The Kier molecular flexibility index (Phi) is 7.77. The molecule has 0 saturated heterocycles. The molecule has 2 aromatic carbocycles. The van der Waals surface area contributed by atoms with E-state index in [4.69, 9.17) is 0 Å². The minimum atomic E-state index is 0.491. The summed E-state index contributed by atoms with van der Waals surface area (Å²) in [4.78, 5) is 0. The van der Waals surface area contributed by atoms with Crippen molar-refractivity contribution in [2.45, 2.75) is 80.2 Å². The molecule has 0 saturated carbocycles. The number of aryl methyl sites for hydroxylation is 4. The number of unbranched alkanes of at least 4 members (excludes halogenated alkanes) is 1. The average molecular weight is 367 g/mol. The van der Waals surface area contributed by atoms with Crippen LogP contribution in [-0.2, 0) is 0 Å². The van der Waals surface area contributed by atoms with Crippen molar-refractivity contribution in [2.75, 3.05) is 16.6 Å². The van der Waals surface area contributed by atoms with Crippen LogP contribution in [0.1, 0.15) is 68.7 Å². The van der Waals surface area contributed by atoms with E-state index in [0.29, 0.717) is 6.04 Å². The Labute approximate surface area is 167 Å². The van der Waals surface area contributed by atoms with Gasteiger partial charge in [-0.3, -0.25) is 10.0 Å². The average Bonchev–Trinajstić information content (AvgIpc) is 2.66. The molecule has 0 aliphatic heterocycles. The van der Waals surface area contributed by atoms with Crippen molar-refractivity contribution < 1.29 is 0 Å². The molecule has 0 heterocycles. The maximum absolute atomic E-state index is 2.56. The van der Waals surface area contributed by atoms with Gasteiger partial charge in [0.05, 0.1) is 17.4 Å². The van der Waals surface area contributed by atoms with E-state index in [1.54, 1.807) is 0 Å². The van der Waals surface area contributed by atoms with Crippen molar-refractivity contribution in [1.82, 2.24) is 0 Å². The Balaban J connectivity index is 2.57. The van der Waals surface area contributed by atoms with E-state index in [1.165, 1.54) is 46.5 Å². The number of nitrogens with zero attached hydrogens (tertiary/aromatic N) is 2. The summed E-state index contributed by atoms with van der Waals surface area (Å²) in [6.07, 6.45) is 4.66. The predicted octanol–water partition coefficient (Wildman–Crippen LogP) is 7.14. The Morgan fingerprint density at radius 3 is 1.70 bits per heavy atom. The van der Waals surface area contributed by atoms with Gasteiger partial charge in [0, 0.05) is 6.54 Å². The molecule has 0 aliphatic carbocycles. The van der Waals surface area contributed by atoms with Crippen LogP contribution in [0.25, 0.3) is 0 Å². The molecular weight excluding hydrogens is 328 g/mol. The molecule has 0 bridgehead atoms. The molecule has 2 heteroatoms. The van der Waals surface area contributed by atoms with Crippen molar-refractivity contribution >= 4 is 11.4 Å². The first-order chi connectivity index (χ1) is 12.9. The Hall–Kier alpha value is -1.96. The standard InChI is InChI=1S/C25H38N2/c1-8-11-16-26(24-14-12-19(4)21(6)17-24)27(23(9-2)10-3)25-15-13-20(5)22(7)18-25/h12-15,17-18,23H,8-11,16H2,1-7H3. The molecule has 27 heavy (non-hydrogen) atoms. The van der Waals surface area contributed by atoms with E-state index in [9.17, 15) is 0 Å². The van der Waals surface area contributed by atoms with Crippen LogP contribution in [0, 0.1) is 27.7 Å². The lowest BCUT2D eigenvalue weighted by atomic mass is 10.1. The third-order valence-electron chi connectivity index (χ3n) is 5.82. The third kappa shape index (κ3) is 5.06. The highest BCUT2D eigenvalue weighted by Gasteiger charge is 2.24. The first-order valence-corrected chi connectivity index (χ1v) is 10.6. The summed E-state index contributed by atoms with van der Waals surface area (Å²) >= 11 is 0. The lowest BCUT2D eigenvalue weighted by Gasteiger charge is -2.43. The molecule has 2 rings (SSSR count). The topological polar surface area (TPSA) is 6.48 Å². The van der Waals surface area contributed by atoms with Crippen molar-refractivity contribution in [1.29, 1.82) is 0 Å². The highest BCUT2D eigenvalue weighted by molar-refractivity contribution is 5.61. The van der Waals surface area contributed by atoms with Gasteiger partial charge >= 0.3 is 0 Å². The van der Waals surface area contributed by atoms with E-state index in [0.717, 1.165) is 19.4 Å². The number of anilines is 2. The fourth-order valence-electron chi connectivity index (χ4n) is 3.61. The molecule has 0 radical (unpaired) electrons. The largest absolute Gasteiger partial charge is 0.285 e. The lowest BCUT2D eigenvalue weighted by molar-refractivity contribution is 0.526. The first-order valence-electron chi connectivity index (χ1n) is 10.6. The van der Waals surface area contributed by atoms with Gasteiger partial charge in [0.25, 0.3) is 0 Å². The molecule has 0 N–H and O–H groups in total. The molecule has 0 amide bonds. The van der Waals surface area contributed by atoms with Crippen LogP contribution in [0.5, 0.6) is 0 Å². The molecule has 0 atom stereocenters. The molecule has 0 aromatic heterocycles. The van der Waals surface area contributed by atoms with E-state index in [1.807, 2.05) is 0 Å². The second-order valence-electron chi connectivity index (χ2n) is 7.83. The number of benzene rings is 2. The third-order valence-corrected chi connectivity index (χ3v) is 5.82. The summed E-state index contributed by atoms with van der Waals surface area (Å²) in [6.45, 7) is 16.8. The van der Waals surface area contributed by atoms with Crippen LogP contribution < -0.4 is 10.0 Å². The van der Waals surface area contributed by atoms with Gasteiger partial charge in [-0.15, -0.1) is 0 Å². The molecule has 0 spiro atoms. The van der Waals surface area contributed by atoms with E-state index >= 15 is 0 Å². The monoisotopic (exact) mass is 366 g/mol. The van der Waals surface area contributed by atoms with E-state index < -0.39 is 0 Å². The quantitative estimate of drug-likeness (QED) is 0.435. The van der Waals surface area contributed by atoms with Crippen molar-refractivity contribution in [3.05, 3.63) is 58.7 Å². The highest BCUT2D eigenvalue weighted by atomic mass is 15.6. The number of hydrogen-bond donors (Lipinski definition) is 0. The molecule has 2 nitrogen and oxygen atoms in total. The number of hydrazine groups is 1.